The van der Waals surface area contributed by atoms with E-state index in [0.717, 1.165) is 19.3 Å². The maximum absolute atomic E-state index is 11.9. The summed E-state index contributed by atoms with van der Waals surface area (Å²) in [5.74, 6) is -0.708. The number of carbonyl (C=O) groups is 3. The second-order valence-corrected chi connectivity index (χ2v) is 5.24. The SMILES string of the molecule is COC(=O)CCCCCNC(=O)C(C)NC(=O)c1ccccc1. The highest BCUT2D eigenvalue weighted by atomic mass is 16.5. The second kappa shape index (κ2) is 10.4. The van der Waals surface area contributed by atoms with Crippen molar-refractivity contribution in [1.82, 2.24) is 10.6 Å². The molecule has 0 aliphatic carbocycles. The van der Waals surface area contributed by atoms with Crippen LogP contribution < -0.4 is 10.6 Å². The quantitative estimate of drug-likeness (QED) is 0.535. The number of esters is 1. The Morgan fingerprint density at radius 3 is 2.43 bits per heavy atom. The van der Waals surface area contributed by atoms with Gasteiger partial charge in [0.1, 0.15) is 6.04 Å². The average molecular weight is 320 g/mol. The topological polar surface area (TPSA) is 84.5 Å². The summed E-state index contributed by atoms with van der Waals surface area (Å²) >= 11 is 0. The highest BCUT2D eigenvalue weighted by molar-refractivity contribution is 5.97. The van der Waals surface area contributed by atoms with E-state index in [0.29, 0.717) is 18.5 Å². The lowest BCUT2D eigenvalue weighted by atomic mass is 10.2. The molecule has 0 aromatic heterocycles. The monoisotopic (exact) mass is 320 g/mol. The van der Waals surface area contributed by atoms with Crippen LogP contribution in [0.2, 0.25) is 0 Å². The zero-order chi connectivity index (χ0) is 17.1. The van der Waals surface area contributed by atoms with Crippen molar-refractivity contribution in [3.05, 3.63) is 35.9 Å². The van der Waals surface area contributed by atoms with Gasteiger partial charge in [0.25, 0.3) is 5.91 Å². The molecule has 1 unspecified atom stereocenters. The normalized spacial score (nSPS) is 11.4. The van der Waals surface area contributed by atoms with Gasteiger partial charge >= 0.3 is 5.97 Å². The smallest absolute Gasteiger partial charge is 0.305 e. The van der Waals surface area contributed by atoms with Crippen molar-refractivity contribution in [3.8, 4) is 0 Å². The van der Waals surface area contributed by atoms with Crippen LogP contribution >= 0.6 is 0 Å². The summed E-state index contributed by atoms with van der Waals surface area (Å²) in [4.78, 5) is 34.8. The number of rotatable bonds is 9. The molecule has 6 heteroatoms. The van der Waals surface area contributed by atoms with E-state index in [2.05, 4.69) is 15.4 Å². The summed E-state index contributed by atoms with van der Waals surface area (Å²) < 4.78 is 4.55. The fourth-order valence-corrected chi connectivity index (χ4v) is 1.97. The van der Waals surface area contributed by atoms with Gasteiger partial charge in [-0.15, -0.1) is 0 Å². The predicted molar refractivity (Wildman–Crippen MR) is 86.9 cm³/mol. The lowest BCUT2D eigenvalue weighted by molar-refractivity contribution is -0.140. The van der Waals surface area contributed by atoms with Gasteiger partial charge in [0, 0.05) is 18.5 Å². The molecule has 2 amide bonds. The van der Waals surface area contributed by atoms with Crippen LogP contribution in [0.3, 0.4) is 0 Å². The summed E-state index contributed by atoms with van der Waals surface area (Å²) in [7, 11) is 1.37. The zero-order valence-electron chi connectivity index (χ0n) is 13.6. The van der Waals surface area contributed by atoms with E-state index in [4.69, 9.17) is 0 Å². The maximum Gasteiger partial charge on any atom is 0.305 e. The molecular weight excluding hydrogens is 296 g/mol. The Morgan fingerprint density at radius 2 is 1.78 bits per heavy atom. The molecule has 1 rings (SSSR count). The third-order valence-electron chi connectivity index (χ3n) is 3.36. The standard InChI is InChI=1S/C17H24N2O4/c1-13(19-17(22)14-9-5-3-6-10-14)16(21)18-12-8-4-7-11-15(20)23-2/h3,5-6,9-10,13H,4,7-8,11-12H2,1-2H3,(H,18,21)(H,19,22). The number of benzene rings is 1. The minimum absolute atomic E-state index is 0.216. The van der Waals surface area contributed by atoms with Gasteiger partial charge in [-0.05, 0) is 31.9 Å². The minimum Gasteiger partial charge on any atom is -0.469 e. The highest BCUT2D eigenvalue weighted by Gasteiger charge is 2.15. The number of hydrogen-bond acceptors (Lipinski definition) is 4. The molecule has 0 spiro atoms. The first-order chi connectivity index (χ1) is 11.0. The van der Waals surface area contributed by atoms with Gasteiger partial charge in [-0.2, -0.15) is 0 Å². The average Bonchev–Trinajstić information content (AvgIpc) is 2.57. The molecule has 0 bridgehead atoms. The van der Waals surface area contributed by atoms with Crippen molar-refractivity contribution >= 4 is 17.8 Å². The van der Waals surface area contributed by atoms with E-state index in [-0.39, 0.29) is 17.8 Å². The van der Waals surface area contributed by atoms with Crippen molar-refractivity contribution in [2.75, 3.05) is 13.7 Å². The van der Waals surface area contributed by atoms with E-state index in [1.807, 2.05) is 6.07 Å². The fourth-order valence-electron chi connectivity index (χ4n) is 1.97. The van der Waals surface area contributed by atoms with Gasteiger partial charge < -0.3 is 15.4 Å². The Hall–Kier alpha value is -2.37. The first-order valence-electron chi connectivity index (χ1n) is 7.75. The number of ether oxygens (including phenoxy) is 1. The van der Waals surface area contributed by atoms with E-state index in [1.165, 1.54) is 7.11 Å². The number of carbonyl (C=O) groups excluding carboxylic acids is 3. The van der Waals surface area contributed by atoms with Crippen LogP contribution in [0, 0.1) is 0 Å². The van der Waals surface area contributed by atoms with Crippen LogP contribution in [0.15, 0.2) is 30.3 Å². The fraction of sp³-hybridized carbons (Fsp3) is 0.471. The van der Waals surface area contributed by atoms with E-state index in [9.17, 15) is 14.4 Å². The van der Waals surface area contributed by atoms with Gasteiger partial charge in [-0.25, -0.2) is 0 Å². The molecule has 0 radical (unpaired) electrons. The number of unbranched alkanes of at least 4 members (excludes halogenated alkanes) is 2. The van der Waals surface area contributed by atoms with Gasteiger partial charge in [-0.3, -0.25) is 14.4 Å². The predicted octanol–water partition coefficient (Wildman–Crippen LogP) is 1.65. The Kier molecular flexibility index (Phi) is 8.42. The molecule has 126 valence electrons. The van der Waals surface area contributed by atoms with Crippen molar-refractivity contribution in [3.63, 3.8) is 0 Å². The van der Waals surface area contributed by atoms with Gasteiger partial charge in [0.05, 0.1) is 7.11 Å². The van der Waals surface area contributed by atoms with Crippen LogP contribution in [0.25, 0.3) is 0 Å². The summed E-state index contributed by atoms with van der Waals surface area (Å²) in [5, 5.41) is 5.43. The molecule has 1 aromatic carbocycles. The first kappa shape index (κ1) is 18.7. The molecule has 23 heavy (non-hydrogen) atoms. The summed E-state index contributed by atoms with van der Waals surface area (Å²) in [6.07, 6.45) is 2.75. The third-order valence-corrected chi connectivity index (χ3v) is 3.36. The molecule has 2 N–H and O–H groups in total. The largest absolute Gasteiger partial charge is 0.469 e. The van der Waals surface area contributed by atoms with Crippen LogP contribution in [0.4, 0.5) is 0 Å². The molecular formula is C17H24N2O4. The summed E-state index contributed by atoms with van der Waals surface area (Å²) in [5.41, 5.74) is 0.523. The lowest BCUT2D eigenvalue weighted by Crippen LogP contribution is -2.45. The van der Waals surface area contributed by atoms with E-state index < -0.39 is 6.04 Å². The van der Waals surface area contributed by atoms with Crippen LogP contribution in [-0.2, 0) is 14.3 Å². The van der Waals surface area contributed by atoms with Gasteiger partial charge in [0.2, 0.25) is 5.91 Å². The lowest BCUT2D eigenvalue weighted by Gasteiger charge is -2.14. The molecule has 0 fully saturated rings. The molecule has 0 aliphatic heterocycles. The van der Waals surface area contributed by atoms with Crippen molar-refractivity contribution < 1.29 is 19.1 Å². The summed E-state index contributed by atoms with van der Waals surface area (Å²) in [6.45, 7) is 2.17. The maximum atomic E-state index is 11.9. The molecule has 0 heterocycles. The molecule has 0 aliphatic rings. The highest BCUT2D eigenvalue weighted by Crippen LogP contribution is 2.01. The van der Waals surface area contributed by atoms with Gasteiger partial charge in [0.15, 0.2) is 0 Å². The minimum atomic E-state index is -0.599. The Bertz CT molecular complexity index is 517. The number of amides is 2. The molecule has 0 saturated carbocycles. The van der Waals surface area contributed by atoms with Gasteiger partial charge in [-0.1, -0.05) is 24.6 Å². The Labute approximate surface area is 136 Å². The van der Waals surface area contributed by atoms with Crippen molar-refractivity contribution in [2.24, 2.45) is 0 Å². The number of nitrogens with one attached hydrogen (secondary N) is 2. The molecule has 0 saturated heterocycles. The van der Waals surface area contributed by atoms with E-state index in [1.54, 1.807) is 31.2 Å². The number of hydrogen-bond donors (Lipinski definition) is 2. The van der Waals surface area contributed by atoms with E-state index >= 15 is 0 Å². The summed E-state index contributed by atoms with van der Waals surface area (Å²) in [6, 6.07) is 8.16. The number of methoxy groups -OCH3 is 1. The molecule has 1 atom stereocenters. The Morgan fingerprint density at radius 1 is 1.09 bits per heavy atom. The third kappa shape index (κ3) is 7.44. The van der Waals surface area contributed by atoms with Crippen LogP contribution in [-0.4, -0.2) is 37.5 Å². The van der Waals surface area contributed by atoms with Crippen LogP contribution in [0.5, 0.6) is 0 Å². The Balaban J connectivity index is 2.19. The first-order valence-corrected chi connectivity index (χ1v) is 7.75. The second-order valence-electron chi connectivity index (χ2n) is 5.24. The zero-order valence-corrected chi connectivity index (χ0v) is 13.6. The van der Waals surface area contributed by atoms with Crippen molar-refractivity contribution in [2.45, 2.75) is 38.6 Å². The molecule has 6 nitrogen and oxygen atoms in total. The van der Waals surface area contributed by atoms with Crippen molar-refractivity contribution in [1.29, 1.82) is 0 Å². The van der Waals surface area contributed by atoms with Crippen LogP contribution in [0.1, 0.15) is 43.0 Å². The molecule has 1 aromatic rings.